The van der Waals surface area contributed by atoms with Crippen molar-refractivity contribution in [3.8, 4) is 5.75 Å². The van der Waals surface area contributed by atoms with E-state index in [1.54, 1.807) is 67.6 Å². The lowest BCUT2D eigenvalue weighted by atomic mass is 10.0. The fraction of sp³-hybridized carbons (Fsp3) is 0.269. The van der Waals surface area contributed by atoms with Crippen molar-refractivity contribution in [2.24, 2.45) is 5.73 Å². The van der Waals surface area contributed by atoms with Gasteiger partial charge in [0, 0.05) is 37.1 Å². The first-order chi connectivity index (χ1) is 17.0. The molecule has 4 N–H and O–H groups in total. The maximum Gasteiger partial charge on any atom is 0.272 e. The van der Waals surface area contributed by atoms with Gasteiger partial charge in [0.15, 0.2) is 0 Å². The van der Waals surface area contributed by atoms with Crippen LogP contribution in [0.15, 0.2) is 60.7 Å². The van der Waals surface area contributed by atoms with Crippen LogP contribution in [-0.2, 0) is 10.0 Å². The number of halogens is 2. The number of likely N-dealkylation sites (tertiary alicyclic amines) is 1. The molecule has 0 unspecified atom stereocenters. The molecule has 1 aliphatic rings. The van der Waals surface area contributed by atoms with Gasteiger partial charge in [-0.15, -0.1) is 24.8 Å². The lowest BCUT2D eigenvalue weighted by Crippen LogP contribution is -2.40. The predicted octanol–water partition coefficient (Wildman–Crippen LogP) is 4.41. The summed E-state index contributed by atoms with van der Waals surface area (Å²) in [5.74, 6) is 0.362. The molecule has 9 nitrogen and oxygen atoms in total. The molecule has 3 aromatic carbocycles. The van der Waals surface area contributed by atoms with E-state index in [-0.39, 0.29) is 48.0 Å². The second kappa shape index (κ2) is 12.5. The summed E-state index contributed by atoms with van der Waals surface area (Å²) < 4.78 is 32.1. The SMILES string of the molecule is CC(=N)N1CCC(Oc2ccc(N(C(=O)c3ccc4ccc(C(=N)N)cc4c3)S(C)(=O)=O)cc2)CC1.Cl.Cl. The first-order valence-electron chi connectivity index (χ1n) is 11.5. The van der Waals surface area contributed by atoms with Crippen LogP contribution in [0.25, 0.3) is 10.8 Å². The largest absolute Gasteiger partial charge is 0.490 e. The van der Waals surface area contributed by atoms with Gasteiger partial charge in [0.1, 0.15) is 17.7 Å². The van der Waals surface area contributed by atoms with Crippen LogP contribution in [0.3, 0.4) is 0 Å². The number of hydrogen-bond acceptors (Lipinski definition) is 6. The van der Waals surface area contributed by atoms with E-state index in [0.717, 1.165) is 41.9 Å². The van der Waals surface area contributed by atoms with Crippen molar-refractivity contribution in [3.05, 3.63) is 71.8 Å². The molecule has 1 fully saturated rings. The monoisotopic (exact) mass is 579 g/mol. The Bertz CT molecular complexity index is 1440. The second-order valence-corrected chi connectivity index (χ2v) is 10.7. The minimum atomic E-state index is -3.93. The molecule has 1 saturated heterocycles. The topological polar surface area (TPSA) is 141 Å². The van der Waals surface area contributed by atoms with Crippen LogP contribution < -0.4 is 14.8 Å². The Morgan fingerprint density at radius 3 is 2.03 bits per heavy atom. The Balaban J connectivity index is 0.00000253. The molecule has 1 amide bonds. The number of nitrogens with zero attached hydrogens (tertiary/aromatic N) is 2. The summed E-state index contributed by atoms with van der Waals surface area (Å²) in [6.45, 7) is 3.29. The molecule has 4 rings (SSSR count). The quantitative estimate of drug-likeness (QED) is 0.291. The zero-order valence-electron chi connectivity index (χ0n) is 21.0. The standard InChI is InChI=1S/C26H29N5O4S.2ClH/c1-17(27)30-13-11-24(12-14-30)35-23-9-7-22(8-10-23)31(36(2,33)34)26(32)20-6-4-18-3-5-19(25(28)29)15-21(18)16-20;;/h3-10,15-16,24,27H,11-14H2,1-2H3,(H3,28,29);2*1H. The molecule has 38 heavy (non-hydrogen) atoms. The maximum absolute atomic E-state index is 13.4. The Kier molecular flexibility index (Phi) is 10.1. The summed E-state index contributed by atoms with van der Waals surface area (Å²) in [6.07, 6.45) is 2.58. The predicted molar refractivity (Wildman–Crippen MR) is 156 cm³/mol. The van der Waals surface area contributed by atoms with E-state index in [2.05, 4.69) is 0 Å². The number of sulfonamides is 1. The summed E-state index contributed by atoms with van der Waals surface area (Å²) in [7, 11) is -3.93. The van der Waals surface area contributed by atoms with Crippen LogP contribution in [0.2, 0.25) is 0 Å². The Morgan fingerprint density at radius 2 is 1.50 bits per heavy atom. The summed E-state index contributed by atoms with van der Waals surface area (Å²) in [5, 5.41) is 16.9. The molecule has 12 heteroatoms. The fourth-order valence-electron chi connectivity index (χ4n) is 4.29. The van der Waals surface area contributed by atoms with E-state index in [1.165, 1.54) is 0 Å². The van der Waals surface area contributed by atoms with Crippen molar-refractivity contribution in [2.45, 2.75) is 25.9 Å². The van der Waals surface area contributed by atoms with Gasteiger partial charge in [-0.2, -0.15) is 0 Å². The van der Waals surface area contributed by atoms with Crippen molar-refractivity contribution < 1.29 is 17.9 Å². The molecule has 0 spiro atoms. The molecule has 0 aliphatic carbocycles. The van der Waals surface area contributed by atoms with Gasteiger partial charge < -0.3 is 15.4 Å². The number of rotatable bonds is 6. The first-order valence-corrected chi connectivity index (χ1v) is 13.4. The van der Waals surface area contributed by atoms with Gasteiger partial charge in [0.2, 0.25) is 10.0 Å². The molecule has 0 bridgehead atoms. The minimum Gasteiger partial charge on any atom is -0.490 e. The number of anilines is 1. The van der Waals surface area contributed by atoms with E-state index in [4.69, 9.17) is 21.3 Å². The van der Waals surface area contributed by atoms with Crippen LogP contribution in [0.5, 0.6) is 5.75 Å². The van der Waals surface area contributed by atoms with Crippen LogP contribution in [0.1, 0.15) is 35.7 Å². The Labute approximate surface area is 234 Å². The summed E-state index contributed by atoms with van der Waals surface area (Å²) in [4.78, 5) is 15.4. The number of amidine groups is 2. The number of nitrogen functional groups attached to an aromatic ring is 1. The van der Waals surface area contributed by atoms with Gasteiger partial charge >= 0.3 is 0 Å². The van der Waals surface area contributed by atoms with E-state index in [9.17, 15) is 13.2 Å². The Hall–Kier alpha value is -3.34. The lowest BCUT2D eigenvalue weighted by molar-refractivity contribution is 0.101. The van der Waals surface area contributed by atoms with Gasteiger partial charge in [-0.1, -0.05) is 18.2 Å². The zero-order chi connectivity index (χ0) is 26.0. The van der Waals surface area contributed by atoms with E-state index in [1.807, 2.05) is 4.90 Å². The van der Waals surface area contributed by atoms with Crippen molar-refractivity contribution in [1.29, 1.82) is 10.8 Å². The number of ether oxygens (including phenoxy) is 1. The molecule has 204 valence electrons. The molecular formula is C26H31Cl2N5O4S. The second-order valence-electron chi connectivity index (χ2n) is 8.91. The molecule has 0 radical (unpaired) electrons. The molecule has 1 aliphatic heterocycles. The van der Waals surface area contributed by atoms with Gasteiger partial charge in [-0.05, 0) is 60.2 Å². The normalized spacial score (nSPS) is 13.7. The third-order valence-corrected chi connectivity index (χ3v) is 7.24. The van der Waals surface area contributed by atoms with E-state index >= 15 is 0 Å². The minimum absolute atomic E-state index is 0. The van der Waals surface area contributed by atoms with Crippen LogP contribution in [0.4, 0.5) is 5.69 Å². The number of amides is 1. The zero-order valence-corrected chi connectivity index (χ0v) is 23.5. The molecule has 0 atom stereocenters. The number of nitrogens with one attached hydrogen (secondary N) is 2. The van der Waals surface area contributed by atoms with Gasteiger partial charge in [-0.25, -0.2) is 12.7 Å². The highest BCUT2D eigenvalue weighted by Crippen LogP contribution is 2.27. The molecule has 3 aromatic rings. The van der Waals surface area contributed by atoms with E-state index < -0.39 is 15.9 Å². The number of nitrogens with two attached hydrogens (primary N) is 1. The number of fused-ring (bicyclic) bond motifs is 1. The van der Waals surface area contributed by atoms with Crippen molar-refractivity contribution in [1.82, 2.24) is 4.90 Å². The highest BCUT2D eigenvalue weighted by atomic mass is 35.5. The molecule has 1 heterocycles. The molecule has 0 aromatic heterocycles. The number of carbonyl (C=O) groups excluding carboxylic acids is 1. The first kappa shape index (κ1) is 30.9. The fourth-order valence-corrected chi connectivity index (χ4v) is 5.20. The maximum atomic E-state index is 13.4. The van der Waals surface area contributed by atoms with Crippen molar-refractivity contribution in [3.63, 3.8) is 0 Å². The number of benzene rings is 3. The average Bonchev–Trinajstić information content (AvgIpc) is 2.84. The van der Waals surface area contributed by atoms with Gasteiger partial charge in [-0.3, -0.25) is 15.6 Å². The highest BCUT2D eigenvalue weighted by Gasteiger charge is 2.27. The van der Waals surface area contributed by atoms with Crippen LogP contribution in [0, 0.1) is 10.8 Å². The number of piperidine rings is 1. The summed E-state index contributed by atoms with van der Waals surface area (Å²) in [5.41, 5.74) is 6.50. The van der Waals surface area contributed by atoms with E-state index in [0.29, 0.717) is 22.5 Å². The van der Waals surface area contributed by atoms with Crippen LogP contribution in [-0.4, -0.2) is 56.3 Å². The third kappa shape index (κ3) is 6.94. The van der Waals surface area contributed by atoms with Crippen molar-refractivity contribution >= 4 is 68.9 Å². The molecule has 0 saturated carbocycles. The van der Waals surface area contributed by atoms with Crippen molar-refractivity contribution in [2.75, 3.05) is 23.7 Å². The number of carbonyl (C=O) groups is 1. The summed E-state index contributed by atoms with van der Waals surface area (Å²) >= 11 is 0. The molecular weight excluding hydrogens is 549 g/mol. The van der Waals surface area contributed by atoms with Crippen LogP contribution >= 0.6 is 24.8 Å². The number of hydrogen-bond donors (Lipinski definition) is 3. The third-order valence-electron chi connectivity index (χ3n) is 6.20. The smallest absolute Gasteiger partial charge is 0.272 e. The Morgan fingerprint density at radius 1 is 0.947 bits per heavy atom. The highest BCUT2D eigenvalue weighted by molar-refractivity contribution is 7.92. The van der Waals surface area contributed by atoms with Gasteiger partial charge in [0.05, 0.1) is 17.8 Å². The summed E-state index contributed by atoms with van der Waals surface area (Å²) in [6, 6.07) is 16.6. The lowest BCUT2D eigenvalue weighted by Gasteiger charge is -2.32. The van der Waals surface area contributed by atoms with Gasteiger partial charge in [0.25, 0.3) is 5.91 Å². The average molecular weight is 581 g/mol.